The van der Waals surface area contributed by atoms with Crippen LogP contribution in [0, 0.1) is 0 Å². The molecule has 1 aliphatic heterocycles. The fraction of sp³-hybridized carbons (Fsp3) is 0.200. The van der Waals surface area contributed by atoms with Gasteiger partial charge in [0.1, 0.15) is 16.4 Å². The van der Waals surface area contributed by atoms with Crippen molar-refractivity contribution in [3.8, 4) is 5.75 Å². The van der Waals surface area contributed by atoms with Gasteiger partial charge in [-0.25, -0.2) is 0 Å². The summed E-state index contributed by atoms with van der Waals surface area (Å²) in [6, 6.07) is 13.6. The van der Waals surface area contributed by atoms with Crippen molar-refractivity contribution in [2.24, 2.45) is 0 Å². The van der Waals surface area contributed by atoms with Crippen LogP contribution in [0.25, 0.3) is 21.9 Å². The Bertz CT molecular complexity index is 1460. The van der Waals surface area contributed by atoms with Gasteiger partial charge in [0, 0.05) is 20.5 Å². The summed E-state index contributed by atoms with van der Waals surface area (Å²) in [5.41, 5.74) is 4.87. The number of hydrogen-bond donors (Lipinski definition) is 1. The van der Waals surface area contributed by atoms with E-state index in [1.54, 1.807) is 17.4 Å². The molecule has 4 nitrogen and oxygen atoms in total. The molecule has 0 bridgehead atoms. The summed E-state index contributed by atoms with van der Waals surface area (Å²) < 4.78 is 3.08. The molecule has 4 aromatic rings. The molecule has 2 aromatic carbocycles. The first kappa shape index (κ1) is 19.0. The quantitative estimate of drug-likeness (QED) is 0.325. The number of nitrogens with zero attached hydrogens (tertiary/aromatic N) is 2. The lowest BCUT2D eigenvalue weighted by atomic mass is 9.93. The van der Waals surface area contributed by atoms with Crippen molar-refractivity contribution < 1.29 is 5.11 Å². The second-order valence-electron chi connectivity index (χ2n) is 8.14. The molecule has 1 N–H and O–H groups in total. The zero-order valence-corrected chi connectivity index (χ0v) is 19.1. The van der Waals surface area contributed by atoms with Crippen LogP contribution in [0.5, 0.6) is 5.75 Å². The lowest BCUT2D eigenvalue weighted by Crippen LogP contribution is -2.23. The summed E-state index contributed by atoms with van der Waals surface area (Å²) in [6.45, 7) is 0.691. The van der Waals surface area contributed by atoms with Crippen molar-refractivity contribution in [2.75, 3.05) is 0 Å². The molecule has 2 aromatic heterocycles. The summed E-state index contributed by atoms with van der Waals surface area (Å²) in [7, 11) is 0. The second kappa shape index (κ2) is 7.18. The van der Waals surface area contributed by atoms with Gasteiger partial charge in [0.25, 0.3) is 5.56 Å². The lowest BCUT2D eigenvalue weighted by Gasteiger charge is -2.24. The summed E-state index contributed by atoms with van der Waals surface area (Å²) in [6.07, 6.45) is 6.28. The molecule has 6 heteroatoms. The molecule has 31 heavy (non-hydrogen) atoms. The smallest absolute Gasteiger partial charge is 0.282 e. The summed E-state index contributed by atoms with van der Waals surface area (Å²) in [5, 5.41) is 11.3. The molecule has 0 spiro atoms. The number of aromatic nitrogens is 2. The van der Waals surface area contributed by atoms with Crippen LogP contribution in [0.4, 0.5) is 0 Å². The van der Waals surface area contributed by atoms with Gasteiger partial charge in [-0.1, -0.05) is 40.2 Å². The van der Waals surface area contributed by atoms with Crippen molar-refractivity contribution in [3.05, 3.63) is 90.2 Å². The van der Waals surface area contributed by atoms with Gasteiger partial charge in [-0.05, 0) is 66.6 Å². The Labute approximate surface area is 191 Å². The maximum atomic E-state index is 13.2. The molecule has 1 aliphatic carbocycles. The van der Waals surface area contributed by atoms with E-state index in [-0.39, 0.29) is 11.3 Å². The first-order chi connectivity index (χ1) is 15.1. The van der Waals surface area contributed by atoms with E-state index in [1.165, 1.54) is 22.4 Å². The van der Waals surface area contributed by atoms with Crippen molar-refractivity contribution in [2.45, 2.75) is 32.2 Å². The topological polar surface area (TPSA) is 55.1 Å². The van der Waals surface area contributed by atoms with E-state index in [0.29, 0.717) is 17.9 Å². The number of halogens is 1. The maximum absolute atomic E-state index is 13.2. The number of fused-ring (bicyclic) bond motifs is 6. The van der Waals surface area contributed by atoms with Crippen LogP contribution >= 0.6 is 27.3 Å². The predicted octanol–water partition coefficient (Wildman–Crippen LogP) is 5.76. The minimum atomic E-state index is -0.135. The third-order valence-electron chi connectivity index (χ3n) is 6.24. The number of phenols is 1. The zero-order valence-electron chi connectivity index (χ0n) is 16.7. The van der Waals surface area contributed by atoms with Crippen LogP contribution in [0.1, 0.15) is 45.8 Å². The van der Waals surface area contributed by atoms with E-state index in [9.17, 15) is 9.90 Å². The fourth-order valence-corrected chi connectivity index (χ4v) is 6.53. The lowest BCUT2D eigenvalue weighted by molar-refractivity contribution is 0.474. The fourth-order valence-electron chi connectivity index (χ4n) is 4.77. The Kier molecular flexibility index (Phi) is 4.40. The van der Waals surface area contributed by atoms with E-state index >= 15 is 0 Å². The molecule has 0 atom stereocenters. The maximum Gasteiger partial charge on any atom is 0.282 e. The van der Waals surface area contributed by atoms with Crippen LogP contribution in [-0.4, -0.2) is 14.7 Å². The third kappa shape index (κ3) is 3.00. The molecular formula is C25H19BrN2O2S. The van der Waals surface area contributed by atoms with Gasteiger partial charge in [-0.2, -0.15) is 4.98 Å². The van der Waals surface area contributed by atoms with E-state index in [4.69, 9.17) is 0 Å². The van der Waals surface area contributed by atoms with Gasteiger partial charge in [0.05, 0.1) is 11.9 Å². The summed E-state index contributed by atoms with van der Waals surface area (Å²) in [4.78, 5) is 20.2. The van der Waals surface area contributed by atoms with Crippen LogP contribution in [0.15, 0.2) is 51.7 Å². The van der Waals surface area contributed by atoms with Gasteiger partial charge in [0.2, 0.25) is 0 Å². The largest absolute Gasteiger partial charge is 0.507 e. The molecule has 3 heterocycles. The Morgan fingerprint density at radius 2 is 1.97 bits per heavy atom. The number of rotatable bonds is 1. The van der Waals surface area contributed by atoms with Crippen molar-refractivity contribution >= 4 is 49.1 Å². The number of hydrogen-bond acceptors (Lipinski definition) is 4. The van der Waals surface area contributed by atoms with Crippen LogP contribution in [0.3, 0.4) is 0 Å². The highest BCUT2D eigenvalue weighted by Gasteiger charge is 2.27. The molecule has 154 valence electrons. The highest BCUT2D eigenvalue weighted by Crippen LogP contribution is 2.40. The van der Waals surface area contributed by atoms with E-state index in [0.717, 1.165) is 45.1 Å². The van der Waals surface area contributed by atoms with Crippen molar-refractivity contribution in [1.82, 2.24) is 9.55 Å². The van der Waals surface area contributed by atoms with E-state index < -0.39 is 0 Å². The average Bonchev–Trinajstić information content (AvgIpc) is 3.17. The first-order valence-corrected chi connectivity index (χ1v) is 12.0. The van der Waals surface area contributed by atoms with Crippen molar-refractivity contribution in [1.29, 1.82) is 0 Å². The Morgan fingerprint density at radius 1 is 1.13 bits per heavy atom. The van der Waals surface area contributed by atoms with Gasteiger partial charge in [-0.3, -0.25) is 4.79 Å². The normalized spacial score (nSPS) is 16.2. The van der Waals surface area contributed by atoms with Crippen LogP contribution < -0.4 is 5.56 Å². The second-order valence-corrected chi connectivity index (χ2v) is 10.1. The molecule has 0 radical (unpaired) electrons. The molecule has 0 amide bonds. The number of aromatic hydroxyl groups is 1. The number of thiophene rings is 1. The summed E-state index contributed by atoms with van der Waals surface area (Å²) >= 11 is 5.25. The minimum absolute atomic E-state index is 0.135. The van der Waals surface area contributed by atoms with Crippen molar-refractivity contribution in [3.63, 3.8) is 0 Å². The molecule has 0 fully saturated rings. The standard InChI is InChI=1S/C25H19BrN2O2S/c26-16-9-10-20(29)15(11-16)12-19-17-6-2-1-5-14(17)13-28-23(19)27-24(30)22-18-7-3-4-8-21(18)31-25(22)28/h1-2,5-6,9-12,29H,3-4,7-8,13H2. The molecule has 0 saturated heterocycles. The number of phenolic OH excluding ortho intramolecular Hbond substituents is 1. The van der Waals surface area contributed by atoms with Gasteiger partial charge in [0.15, 0.2) is 0 Å². The number of aryl methyl sites for hydroxylation is 2. The SMILES string of the molecule is O=c1nc2n(c3sc4c(c13)CCCC4)Cc1ccccc1C2=Cc1cc(Br)ccc1O. The van der Waals surface area contributed by atoms with Gasteiger partial charge < -0.3 is 9.67 Å². The molecular weight excluding hydrogens is 472 g/mol. The Hall–Kier alpha value is -2.70. The molecule has 2 aliphatic rings. The third-order valence-corrected chi connectivity index (χ3v) is 8.05. The Morgan fingerprint density at radius 3 is 2.87 bits per heavy atom. The molecule has 6 rings (SSSR count). The summed E-state index contributed by atoms with van der Waals surface area (Å²) in [5.74, 6) is 0.870. The van der Waals surface area contributed by atoms with Crippen LogP contribution in [-0.2, 0) is 19.4 Å². The highest BCUT2D eigenvalue weighted by atomic mass is 79.9. The first-order valence-electron chi connectivity index (χ1n) is 10.4. The molecule has 0 unspecified atom stereocenters. The zero-order chi connectivity index (χ0) is 21.1. The van der Waals surface area contributed by atoms with Gasteiger partial charge in [-0.15, -0.1) is 11.3 Å². The Balaban J connectivity index is 1.67. The van der Waals surface area contributed by atoms with Crippen LogP contribution in [0.2, 0.25) is 0 Å². The highest BCUT2D eigenvalue weighted by molar-refractivity contribution is 9.10. The average molecular weight is 491 g/mol. The number of benzene rings is 2. The van der Waals surface area contributed by atoms with E-state index in [1.807, 2.05) is 30.3 Å². The monoisotopic (exact) mass is 490 g/mol. The minimum Gasteiger partial charge on any atom is -0.507 e. The predicted molar refractivity (Wildman–Crippen MR) is 129 cm³/mol. The van der Waals surface area contributed by atoms with E-state index in [2.05, 4.69) is 37.6 Å². The molecule has 0 saturated carbocycles. The van der Waals surface area contributed by atoms with Gasteiger partial charge >= 0.3 is 0 Å².